The minimum Gasteiger partial charge on any atom is -0.446 e. The molecule has 9 heteroatoms. The first-order chi connectivity index (χ1) is 9.94. The van der Waals surface area contributed by atoms with Crippen molar-refractivity contribution >= 4 is 15.7 Å². The van der Waals surface area contributed by atoms with Gasteiger partial charge in [0.05, 0.1) is 4.92 Å². The molecular formula is C12H12N2O6S. The van der Waals surface area contributed by atoms with Crippen LogP contribution in [0.25, 0.3) is 0 Å². The van der Waals surface area contributed by atoms with Crippen molar-refractivity contribution in [2.24, 2.45) is 0 Å². The molecule has 0 atom stereocenters. The van der Waals surface area contributed by atoms with Gasteiger partial charge in [0.25, 0.3) is 15.7 Å². The van der Waals surface area contributed by atoms with E-state index in [1.165, 1.54) is 30.3 Å². The lowest BCUT2D eigenvalue weighted by Gasteiger charge is -2.05. The molecule has 2 rings (SSSR count). The largest absolute Gasteiger partial charge is 0.446 e. The van der Waals surface area contributed by atoms with Crippen molar-refractivity contribution in [2.45, 2.75) is 18.2 Å². The van der Waals surface area contributed by atoms with Crippen molar-refractivity contribution in [3.8, 4) is 0 Å². The number of furan rings is 1. The maximum absolute atomic E-state index is 12.0. The molecule has 0 fully saturated rings. The van der Waals surface area contributed by atoms with Gasteiger partial charge >= 0.3 is 0 Å². The second-order valence-electron chi connectivity index (χ2n) is 4.09. The van der Waals surface area contributed by atoms with Crippen molar-refractivity contribution in [2.75, 3.05) is 0 Å². The van der Waals surface area contributed by atoms with E-state index in [1.807, 2.05) is 0 Å². The van der Waals surface area contributed by atoms with E-state index in [-0.39, 0.29) is 28.6 Å². The highest BCUT2D eigenvalue weighted by molar-refractivity contribution is 7.89. The quantitative estimate of drug-likeness (QED) is 0.609. The lowest BCUT2D eigenvalue weighted by molar-refractivity contribution is -0.385. The van der Waals surface area contributed by atoms with Crippen molar-refractivity contribution in [1.29, 1.82) is 0 Å². The van der Waals surface area contributed by atoms with Crippen LogP contribution in [0, 0.1) is 10.1 Å². The van der Waals surface area contributed by atoms with E-state index in [2.05, 4.69) is 4.72 Å². The number of benzene rings is 1. The Kier molecular flexibility index (Phi) is 4.36. The third-order valence-corrected chi connectivity index (χ3v) is 3.97. The average Bonchev–Trinajstić information content (AvgIpc) is 2.95. The van der Waals surface area contributed by atoms with Gasteiger partial charge in [0.1, 0.15) is 12.4 Å². The number of hydrogen-bond acceptors (Lipinski definition) is 6. The van der Waals surface area contributed by atoms with Crippen molar-refractivity contribution in [3.05, 3.63) is 57.8 Å². The molecule has 0 spiro atoms. The third-order valence-electron chi connectivity index (χ3n) is 2.70. The summed E-state index contributed by atoms with van der Waals surface area (Å²) < 4.78 is 31.1. The van der Waals surface area contributed by atoms with Crippen LogP contribution in [0.2, 0.25) is 0 Å². The van der Waals surface area contributed by atoms with Gasteiger partial charge in [0, 0.05) is 18.2 Å². The van der Waals surface area contributed by atoms with Crippen LogP contribution in [0.5, 0.6) is 0 Å². The van der Waals surface area contributed by atoms with E-state index in [9.17, 15) is 18.5 Å². The summed E-state index contributed by atoms with van der Waals surface area (Å²) in [5, 5.41) is 19.3. The molecule has 2 aromatic rings. The summed E-state index contributed by atoms with van der Waals surface area (Å²) in [7, 11) is -3.94. The first-order valence-corrected chi connectivity index (χ1v) is 7.34. The lowest BCUT2D eigenvalue weighted by atomic mass is 10.2. The number of nitrogens with one attached hydrogen (secondary N) is 1. The summed E-state index contributed by atoms with van der Waals surface area (Å²) in [6.45, 7) is -0.658. The van der Waals surface area contributed by atoms with Crippen molar-refractivity contribution in [3.63, 3.8) is 0 Å². The molecule has 0 radical (unpaired) electrons. The Morgan fingerprint density at radius 2 is 1.95 bits per heavy atom. The predicted molar refractivity (Wildman–Crippen MR) is 71.8 cm³/mol. The van der Waals surface area contributed by atoms with Crippen LogP contribution in [0.15, 0.2) is 45.9 Å². The molecular weight excluding hydrogens is 300 g/mol. The minimum absolute atomic E-state index is 0.112. The number of nitrogens with zero attached hydrogens (tertiary/aromatic N) is 1. The van der Waals surface area contributed by atoms with Crippen LogP contribution in [-0.4, -0.2) is 18.4 Å². The van der Waals surface area contributed by atoms with Crippen LogP contribution in [0.3, 0.4) is 0 Å². The number of nitro groups is 1. The molecule has 0 aliphatic carbocycles. The fraction of sp³-hybridized carbons (Fsp3) is 0.167. The van der Waals surface area contributed by atoms with E-state index in [0.29, 0.717) is 0 Å². The van der Waals surface area contributed by atoms with E-state index < -0.39 is 21.6 Å². The number of aliphatic hydroxyl groups excluding tert-OH is 1. The molecule has 21 heavy (non-hydrogen) atoms. The zero-order valence-electron chi connectivity index (χ0n) is 10.7. The Balaban J connectivity index is 2.17. The highest BCUT2D eigenvalue weighted by Gasteiger charge is 2.20. The number of para-hydroxylation sites is 1. The first kappa shape index (κ1) is 15.2. The number of sulfonamides is 1. The monoisotopic (exact) mass is 312 g/mol. The average molecular weight is 312 g/mol. The van der Waals surface area contributed by atoms with Crippen molar-refractivity contribution in [1.82, 2.24) is 4.72 Å². The fourth-order valence-corrected chi connectivity index (χ4v) is 2.62. The number of nitro benzene ring substituents is 1. The van der Waals surface area contributed by atoms with E-state index >= 15 is 0 Å². The molecule has 0 saturated heterocycles. The molecule has 0 bridgehead atoms. The van der Waals surface area contributed by atoms with E-state index in [0.717, 1.165) is 0 Å². The Labute approximate surface area is 120 Å². The summed E-state index contributed by atoms with van der Waals surface area (Å²) in [4.78, 5) is 10.3. The zero-order valence-corrected chi connectivity index (χ0v) is 11.5. The van der Waals surface area contributed by atoms with E-state index in [4.69, 9.17) is 9.52 Å². The Hall–Kier alpha value is -2.23. The Morgan fingerprint density at radius 1 is 1.24 bits per heavy atom. The maximum Gasteiger partial charge on any atom is 0.274 e. The van der Waals surface area contributed by atoms with Gasteiger partial charge in [0.15, 0.2) is 0 Å². The lowest BCUT2D eigenvalue weighted by Crippen LogP contribution is -2.23. The minimum atomic E-state index is -3.94. The number of aliphatic hydroxyl groups is 1. The van der Waals surface area contributed by atoms with Crippen LogP contribution in [0.4, 0.5) is 5.69 Å². The maximum atomic E-state index is 12.0. The second-order valence-corrected chi connectivity index (χ2v) is 5.79. The van der Waals surface area contributed by atoms with Gasteiger partial charge in [-0.15, -0.1) is 0 Å². The highest BCUT2D eigenvalue weighted by atomic mass is 32.2. The molecule has 112 valence electrons. The van der Waals surface area contributed by atoms with Gasteiger partial charge in [-0.3, -0.25) is 10.1 Å². The molecule has 0 aliphatic heterocycles. The first-order valence-electron chi connectivity index (χ1n) is 5.85. The van der Waals surface area contributed by atoms with E-state index in [1.54, 1.807) is 6.07 Å². The van der Waals surface area contributed by atoms with Gasteiger partial charge in [-0.1, -0.05) is 18.2 Å². The van der Waals surface area contributed by atoms with Gasteiger partial charge in [-0.05, 0) is 12.1 Å². The van der Waals surface area contributed by atoms with Gasteiger partial charge in [-0.25, -0.2) is 13.1 Å². The smallest absolute Gasteiger partial charge is 0.274 e. The molecule has 0 saturated carbocycles. The molecule has 0 aliphatic rings. The highest BCUT2D eigenvalue weighted by Crippen LogP contribution is 2.19. The molecule has 2 N–H and O–H groups in total. The Bertz CT molecular complexity index is 753. The predicted octanol–water partition coefficient (Wildman–Crippen LogP) is 1.16. The van der Waals surface area contributed by atoms with Crippen LogP contribution in [-0.2, 0) is 23.2 Å². The normalized spacial score (nSPS) is 11.5. The Morgan fingerprint density at radius 3 is 2.57 bits per heavy atom. The molecule has 1 heterocycles. The van der Waals surface area contributed by atoms with Crippen molar-refractivity contribution < 1.29 is 22.9 Å². The van der Waals surface area contributed by atoms with Crippen LogP contribution < -0.4 is 4.72 Å². The summed E-state index contributed by atoms with van der Waals surface area (Å²) in [6.07, 6.45) is 0. The summed E-state index contributed by atoms with van der Waals surface area (Å²) >= 11 is 0. The number of rotatable bonds is 6. The second kappa shape index (κ2) is 6.04. The fourth-order valence-electron chi connectivity index (χ4n) is 1.67. The summed E-state index contributed by atoms with van der Waals surface area (Å²) in [5.74, 6) is 0.112. The van der Waals surface area contributed by atoms with Gasteiger partial charge < -0.3 is 9.52 Å². The van der Waals surface area contributed by atoms with Gasteiger partial charge in [0.2, 0.25) is 5.09 Å². The SMILES string of the molecule is O=[N+]([O-])c1ccccc1CNS(=O)(=O)c1ccc(CO)o1. The third kappa shape index (κ3) is 3.45. The molecule has 0 unspecified atom stereocenters. The van der Waals surface area contributed by atoms with Gasteiger partial charge in [-0.2, -0.15) is 0 Å². The molecule has 1 aromatic heterocycles. The topological polar surface area (TPSA) is 123 Å². The standard InChI is InChI=1S/C12H12N2O6S/c15-8-10-5-6-12(20-10)21(18,19)13-7-9-3-1-2-4-11(9)14(16)17/h1-6,13,15H,7-8H2. The molecule has 0 amide bonds. The summed E-state index contributed by atoms with van der Waals surface area (Å²) in [6, 6.07) is 8.36. The number of hydrogen-bond donors (Lipinski definition) is 2. The zero-order chi connectivity index (χ0) is 15.5. The molecule has 1 aromatic carbocycles. The van der Waals surface area contributed by atoms with Crippen LogP contribution >= 0.6 is 0 Å². The van der Waals surface area contributed by atoms with Crippen LogP contribution in [0.1, 0.15) is 11.3 Å². The molecule has 8 nitrogen and oxygen atoms in total. The summed E-state index contributed by atoms with van der Waals surface area (Å²) in [5.41, 5.74) is 0.0655.